The van der Waals surface area contributed by atoms with Crippen molar-refractivity contribution in [3.63, 3.8) is 0 Å². The van der Waals surface area contributed by atoms with Crippen LogP contribution in [0.25, 0.3) is 22.6 Å². The van der Waals surface area contributed by atoms with Gasteiger partial charge in [0, 0.05) is 5.56 Å². The number of nitrogens with zero attached hydrogens (tertiary/aromatic N) is 4. The molecule has 1 N–H and O–H groups in total. The zero-order chi connectivity index (χ0) is 16.5. The molecule has 0 saturated heterocycles. The Morgan fingerprint density at radius 3 is 2.46 bits per heavy atom. The first-order valence-corrected chi connectivity index (χ1v) is 7.41. The van der Waals surface area contributed by atoms with E-state index in [1.54, 1.807) is 36.8 Å². The summed E-state index contributed by atoms with van der Waals surface area (Å²) in [5.74, 6) is -0.0576. The van der Waals surface area contributed by atoms with Gasteiger partial charge in [0.1, 0.15) is 11.6 Å². The van der Waals surface area contributed by atoms with Crippen molar-refractivity contribution in [3.8, 4) is 17.0 Å². The third-order valence-electron chi connectivity index (χ3n) is 3.76. The van der Waals surface area contributed by atoms with Gasteiger partial charge in [-0.15, -0.1) is 0 Å². The van der Waals surface area contributed by atoms with E-state index in [1.165, 1.54) is 12.1 Å². The molecule has 6 heteroatoms. The molecule has 5 nitrogen and oxygen atoms in total. The molecule has 0 aliphatic heterocycles. The summed E-state index contributed by atoms with van der Waals surface area (Å²) in [7, 11) is 0. The van der Waals surface area contributed by atoms with Gasteiger partial charge in [0.25, 0.3) is 0 Å². The lowest BCUT2D eigenvalue weighted by Crippen LogP contribution is -2.00. The second-order valence-electron chi connectivity index (χ2n) is 5.45. The van der Waals surface area contributed by atoms with Crippen molar-refractivity contribution < 1.29 is 9.50 Å². The van der Waals surface area contributed by atoms with Crippen LogP contribution >= 0.6 is 0 Å². The van der Waals surface area contributed by atoms with E-state index in [2.05, 4.69) is 15.0 Å². The predicted octanol–water partition coefficient (Wildman–Crippen LogP) is 3.39. The van der Waals surface area contributed by atoms with E-state index in [4.69, 9.17) is 0 Å². The van der Waals surface area contributed by atoms with E-state index >= 15 is 0 Å². The van der Waals surface area contributed by atoms with Crippen molar-refractivity contribution >= 4 is 11.3 Å². The molecular weight excluding hydrogens is 307 g/mol. The number of rotatable bonds is 3. The van der Waals surface area contributed by atoms with Crippen molar-refractivity contribution in [3.05, 3.63) is 72.4 Å². The summed E-state index contributed by atoms with van der Waals surface area (Å²) >= 11 is 0. The Morgan fingerprint density at radius 2 is 1.71 bits per heavy atom. The molecule has 0 unspecified atom stereocenters. The molecule has 0 amide bonds. The third kappa shape index (κ3) is 2.69. The normalized spacial score (nSPS) is 11.0. The largest absolute Gasteiger partial charge is 0.508 e. The lowest BCUT2D eigenvalue weighted by atomic mass is 10.1. The minimum Gasteiger partial charge on any atom is -0.508 e. The molecule has 4 aromatic rings. The van der Waals surface area contributed by atoms with Gasteiger partial charge in [0.2, 0.25) is 0 Å². The highest BCUT2D eigenvalue weighted by molar-refractivity contribution is 5.70. The zero-order valence-electron chi connectivity index (χ0n) is 12.6. The average molecular weight is 320 g/mol. The van der Waals surface area contributed by atoms with Crippen LogP contribution in [-0.2, 0) is 6.54 Å². The molecule has 0 fully saturated rings. The zero-order valence-corrected chi connectivity index (χ0v) is 12.6. The Morgan fingerprint density at radius 1 is 0.958 bits per heavy atom. The van der Waals surface area contributed by atoms with E-state index in [-0.39, 0.29) is 11.6 Å². The summed E-state index contributed by atoms with van der Waals surface area (Å²) in [6, 6.07) is 13.1. The summed E-state index contributed by atoms with van der Waals surface area (Å²) in [6.07, 6.45) is 3.32. The second-order valence-corrected chi connectivity index (χ2v) is 5.45. The maximum atomic E-state index is 13.1. The van der Waals surface area contributed by atoms with E-state index < -0.39 is 0 Å². The summed E-state index contributed by atoms with van der Waals surface area (Å²) in [5, 5.41) is 9.37. The van der Waals surface area contributed by atoms with Crippen LogP contribution in [0.3, 0.4) is 0 Å². The van der Waals surface area contributed by atoms with Crippen LogP contribution in [0.1, 0.15) is 5.56 Å². The quantitative estimate of drug-likeness (QED) is 0.628. The Labute approximate surface area is 137 Å². The summed E-state index contributed by atoms with van der Waals surface area (Å²) in [5.41, 5.74) is 3.68. The fraction of sp³-hybridized carbons (Fsp3) is 0.0556. The molecule has 2 aromatic carbocycles. The van der Waals surface area contributed by atoms with Crippen molar-refractivity contribution in [2.24, 2.45) is 0 Å². The van der Waals surface area contributed by atoms with E-state index in [0.717, 1.165) is 11.1 Å². The standard InChI is InChI=1S/C18H13FN4O/c19-14-5-3-13(4-6-14)16-9-20-17-18(22-16)23(11-21-17)10-12-1-7-15(24)8-2-12/h1-9,11,24H,10H2. The first-order chi connectivity index (χ1) is 11.7. The predicted molar refractivity (Wildman–Crippen MR) is 87.9 cm³/mol. The monoisotopic (exact) mass is 320 g/mol. The summed E-state index contributed by atoms with van der Waals surface area (Å²) in [6.45, 7) is 0.568. The highest BCUT2D eigenvalue weighted by Gasteiger charge is 2.09. The molecule has 24 heavy (non-hydrogen) atoms. The lowest BCUT2D eigenvalue weighted by Gasteiger charge is -2.05. The Hall–Kier alpha value is -3.28. The van der Waals surface area contributed by atoms with Crippen LogP contribution in [0.4, 0.5) is 4.39 Å². The number of halogens is 1. The molecular formula is C18H13FN4O. The van der Waals surface area contributed by atoms with Crippen LogP contribution < -0.4 is 0 Å². The summed E-state index contributed by atoms with van der Waals surface area (Å²) in [4.78, 5) is 13.2. The van der Waals surface area contributed by atoms with Gasteiger partial charge in [0.05, 0.1) is 24.8 Å². The number of hydrogen-bond acceptors (Lipinski definition) is 4. The lowest BCUT2D eigenvalue weighted by molar-refractivity contribution is 0.475. The Balaban J connectivity index is 1.73. The molecule has 4 rings (SSSR count). The van der Waals surface area contributed by atoms with Gasteiger partial charge in [-0.3, -0.25) is 0 Å². The van der Waals surface area contributed by atoms with Crippen LogP contribution in [-0.4, -0.2) is 24.6 Å². The minimum absolute atomic E-state index is 0.229. The number of aromatic hydroxyl groups is 1. The SMILES string of the molecule is Oc1ccc(Cn2cnc3ncc(-c4ccc(F)cc4)nc32)cc1. The van der Waals surface area contributed by atoms with Gasteiger partial charge in [0.15, 0.2) is 11.3 Å². The molecule has 0 spiro atoms. The van der Waals surface area contributed by atoms with Gasteiger partial charge in [-0.2, -0.15) is 0 Å². The van der Waals surface area contributed by atoms with E-state index in [9.17, 15) is 9.50 Å². The Kier molecular flexibility index (Phi) is 3.42. The fourth-order valence-corrected chi connectivity index (χ4v) is 2.51. The van der Waals surface area contributed by atoms with Crippen molar-refractivity contribution in [2.45, 2.75) is 6.54 Å². The molecule has 0 atom stereocenters. The molecule has 0 saturated carbocycles. The molecule has 0 radical (unpaired) electrons. The molecule has 2 heterocycles. The molecule has 118 valence electrons. The average Bonchev–Trinajstić information content (AvgIpc) is 3.00. The minimum atomic E-state index is -0.287. The van der Waals surface area contributed by atoms with Crippen molar-refractivity contribution in [2.75, 3.05) is 0 Å². The molecule has 0 bridgehead atoms. The molecule has 0 aliphatic carbocycles. The number of fused-ring (bicyclic) bond motifs is 1. The molecule has 0 aliphatic rings. The number of imidazole rings is 1. The van der Waals surface area contributed by atoms with Crippen molar-refractivity contribution in [1.82, 2.24) is 19.5 Å². The first-order valence-electron chi connectivity index (χ1n) is 7.41. The van der Waals surface area contributed by atoms with Gasteiger partial charge < -0.3 is 9.67 Å². The van der Waals surface area contributed by atoms with E-state index in [0.29, 0.717) is 23.5 Å². The van der Waals surface area contributed by atoms with Crippen LogP contribution in [0, 0.1) is 5.82 Å². The number of benzene rings is 2. The maximum absolute atomic E-state index is 13.1. The number of phenols is 1. The maximum Gasteiger partial charge on any atom is 0.197 e. The van der Waals surface area contributed by atoms with Crippen LogP contribution in [0.2, 0.25) is 0 Å². The number of phenolic OH excluding ortho intramolecular Hbond substituents is 1. The van der Waals surface area contributed by atoms with Gasteiger partial charge >= 0.3 is 0 Å². The van der Waals surface area contributed by atoms with Crippen LogP contribution in [0.15, 0.2) is 61.1 Å². The summed E-state index contributed by atoms with van der Waals surface area (Å²) < 4.78 is 15.0. The van der Waals surface area contributed by atoms with Crippen LogP contribution in [0.5, 0.6) is 5.75 Å². The number of hydrogen-bond donors (Lipinski definition) is 1. The van der Waals surface area contributed by atoms with E-state index in [1.807, 2.05) is 16.7 Å². The highest BCUT2D eigenvalue weighted by Crippen LogP contribution is 2.20. The fourth-order valence-electron chi connectivity index (χ4n) is 2.51. The topological polar surface area (TPSA) is 63.8 Å². The Bertz CT molecular complexity index is 994. The third-order valence-corrected chi connectivity index (χ3v) is 3.76. The molecule has 2 aromatic heterocycles. The van der Waals surface area contributed by atoms with Gasteiger partial charge in [-0.1, -0.05) is 12.1 Å². The number of aromatic nitrogens is 4. The highest BCUT2D eigenvalue weighted by atomic mass is 19.1. The first kappa shape index (κ1) is 14.3. The van der Waals surface area contributed by atoms with Crippen molar-refractivity contribution in [1.29, 1.82) is 0 Å². The van der Waals surface area contributed by atoms with Gasteiger partial charge in [-0.25, -0.2) is 19.3 Å². The smallest absolute Gasteiger partial charge is 0.197 e. The van der Waals surface area contributed by atoms with Gasteiger partial charge in [-0.05, 0) is 42.0 Å². The second kappa shape index (κ2) is 5.73.